The summed E-state index contributed by atoms with van der Waals surface area (Å²) in [5.41, 5.74) is 0.573. The molecule has 0 amide bonds. The van der Waals surface area contributed by atoms with Crippen LogP contribution in [0, 0.1) is 12.7 Å². The Hall–Kier alpha value is -0.970. The van der Waals surface area contributed by atoms with Crippen molar-refractivity contribution >= 4 is 21.9 Å². The molecule has 1 rings (SSSR count). The average Bonchev–Trinajstić information content (AvgIpc) is 2.10. The van der Waals surface area contributed by atoms with E-state index in [0.717, 1.165) is 0 Å². The number of hydrogen-bond donors (Lipinski definition) is 0. The first-order valence-corrected chi connectivity index (χ1v) is 4.26. The maximum Gasteiger partial charge on any atom is 0.356 e. The molecular weight excluding hydrogens is 241 g/mol. The topological polar surface area (TPSA) is 39.2 Å². The lowest BCUT2D eigenvalue weighted by molar-refractivity contribution is 0.0592. The number of pyridine rings is 1. The largest absolute Gasteiger partial charge is 0.464 e. The molecule has 0 aliphatic heterocycles. The highest BCUT2D eigenvalue weighted by Gasteiger charge is 2.14. The van der Waals surface area contributed by atoms with Gasteiger partial charge in [-0.15, -0.1) is 0 Å². The molecule has 0 radical (unpaired) electrons. The van der Waals surface area contributed by atoms with E-state index in [4.69, 9.17) is 0 Å². The van der Waals surface area contributed by atoms with Crippen molar-refractivity contribution in [1.29, 1.82) is 0 Å². The van der Waals surface area contributed by atoms with Gasteiger partial charge < -0.3 is 4.74 Å². The Bertz CT molecular complexity index is 354. The molecule has 0 saturated carbocycles. The monoisotopic (exact) mass is 247 g/mol. The van der Waals surface area contributed by atoms with Crippen molar-refractivity contribution in [3.05, 3.63) is 27.7 Å². The SMILES string of the molecule is COC(=O)c1nc(Br)c(F)cc1C. The van der Waals surface area contributed by atoms with E-state index in [1.165, 1.54) is 13.2 Å². The van der Waals surface area contributed by atoms with E-state index in [-0.39, 0.29) is 10.3 Å². The number of nitrogens with zero attached hydrogens (tertiary/aromatic N) is 1. The fourth-order valence-corrected chi connectivity index (χ4v) is 1.15. The van der Waals surface area contributed by atoms with Crippen molar-refractivity contribution in [2.45, 2.75) is 6.92 Å². The molecule has 0 aliphatic rings. The van der Waals surface area contributed by atoms with E-state index in [1.54, 1.807) is 6.92 Å². The molecule has 0 saturated heterocycles. The summed E-state index contributed by atoms with van der Waals surface area (Å²) in [5.74, 6) is -1.07. The van der Waals surface area contributed by atoms with Crippen molar-refractivity contribution in [1.82, 2.24) is 4.98 Å². The lowest BCUT2D eigenvalue weighted by Crippen LogP contribution is -2.07. The highest BCUT2D eigenvalue weighted by Crippen LogP contribution is 2.16. The van der Waals surface area contributed by atoms with E-state index in [9.17, 15) is 9.18 Å². The second-order valence-corrected chi connectivity index (χ2v) is 3.17. The second kappa shape index (κ2) is 3.83. The first-order valence-electron chi connectivity index (χ1n) is 3.47. The molecule has 0 bridgehead atoms. The molecule has 70 valence electrons. The molecule has 1 aromatic rings. The Labute approximate surface area is 83.1 Å². The van der Waals surface area contributed by atoms with E-state index >= 15 is 0 Å². The summed E-state index contributed by atoms with van der Waals surface area (Å²) in [6, 6.07) is 1.23. The average molecular weight is 248 g/mol. The van der Waals surface area contributed by atoms with Gasteiger partial charge >= 0.3 is 5.97 Å². The van der Waals surface area contributed by atoms with Crippen molar-refractivity contribution < 1.29 is 13.9 Å². The van der Waals surface area contributed by atoms with Crippen LogP contribution in [0.2, 0.25) is 0 Å². The van der Waals surface area contributed by atoms with Gasteiger partial charge in [-0.1, -0.05) is 0 Å². The molecule has 0 fully saturated rings. The molecule has 3 nitrogen and oxygen atoms in total. The fraction of sp³-hybridized carbons (Fsp3) is 0.250. The predicted octanol–water partition coefficient (Wildman–Crippen LogP) is 2.08. The van der Waals surface area contributed by atoms with Crippen LogP contribution < -0.4 is 0 Å². The minimum atomic E-state index is -0.571. The molecule has 0 aromatic carbocycles. The summed E-state index contributed by atoms with van der Waals surface area (Å²) < 4.78 is 17.3. The molecular formula is C8H7BrFNO2. The smallest absolute Gasteiger partial charge is 0.356 e. The lowest BCUT2D eigenvalue weighted by atomic mass is 10.2. The van der Waals surface area contributed by atoms with E-state index in [0.29, 0.717) is 5.56 Å². The summed E-state index contributed by atoms with van der Waals surface area (Å²) in [5, 5.41) is 0. The zero-order chi connectivity index (χ0) is 10.0. The zero-order valence-corrected chi connectivity index (χ0v) is 8.68. The Morgan fingerprint density at radius 3 is 2.85 bits per heavy atom. The predicted molar refractivity (Wildman–Crippen MR) is 48.0 cm³/mol. The van der Waals surface area contributed by atoms with E-state index in [2.05, 4.69) is 25.7 Å². The molecule has 13 heavy (non-hydrogen) atoms. The third-order valence-corrected chi connectivity index (χ3v) is 2.06. The standard InChI is InChI=1S/C8H7BrFNO2/c1-4-3-5(10)7(9)11-6(4)8(12)13-2/h3H,1-2H3. The Kier molecular flexibility index (Phi) is 2.98. The summed E-state index contributed by atoms with van der Waals surface area (Å²) in [4.78, 5) is 14.8. The molecule has 0 atom stereocenters. The van der Waals surface area contributed by atoms with E-state index in [1.807, 2.05) is 0 Å². The van der Waals surface area contributed by atoms with Gasteiger partial charge in [-0.3, -0.25) is 0 Å². The number of aromatic nitrogens is 1. The second-order valence-electron chi connectivity index (χ2n) is 2.42. The van der Waals surface area contributed by atoms with Gasteiger partial charge in [0.15, 0.2) is 11.5 Å². The summed E-state index contributed by atoms with van der Waals surface area (Å²) >= 11 is 2.88. The molecule has 5 heteroatoms. The highest BCUT2D eigenvalue weighted by atomic mass is 79.9. The number of rotatable bonds is 1. The van der Waals surface area contributed by atoms with Gasteiger partial charge in [-0.25, -0.2) is 14.2 Å². The van der Waals surface area contributed by atoms with Gasteiger partial charge in [0.25, 0.3) is 0 Å². The van der Waals surface area contributed by atoms with Gasteiger partial charge in [0.05, 0.1) is 7.11 Å². The van der Waals surface area contributed by atoms with Crippen LogP contribution in [0.1, 0.15) is 16.1 Å². The van der Waals surface area contributed by atoms with Gasteiger partial charge in [-0.2, -0.15) is 0 Å². The molecule has 0 unspecified atom stereocenters. The maximum absolute atomic E-state index is 12.9. The number of carbonyl (C=O) groups excluding carboxylic acids is 1. The Morgan fingerprint density at radius 2 is 2.31 bits per heavy atom. The van der Waals surface area contributed by atoms with Gasteiger partial charge in [0.2, 0.25) is 0 Å². The third kappa shape index (κ3) is 2.03. The maximum atomic E-state index is 12.9. The molecule has 1 heterocycles. The van der Waals surface area contributed by atoms with Crippen LogP contribution >= 0.6 is 15.9 Å². The quantitative estimate of drug-likeness (QED) is 0.564. The number of aryl methyl sites for hydroxylation is 1. The molecule has 0 aliphatic carbocycles. The molecule has 0 N–H and O–H groups in total. The molecule has 0 spiro atoms. The van der Waals surface area contributed by atoms with Gasteiger partial charge in [0, 0.05) is 0 Å². The zero-order valence-electron chi connectivity index (χ0n) is 7.10. The van der Waals surface area contributed by atoms with Crippen LogP contribution in [-0.4, -0.2) is 18.1 Å². The summed E-state index contributed by atoms with van der Waals surface area (Å²) in [6.45, 7) is 1.59. The number of halogens is 2. The number of carbonyl (C=O) groups is 1. The first-order chi connectivity index (χ1) is 6.06. The minimum Gasteiger partial charge on any atom is -0.464 e. The highest BCUT2D eigenvalue weighted by molar-refractivity contribution is 9.10. The van der Waals surface area contributed by atoms with Crippen LogP contribution in [0.5, 0.6) is 0 Å². The van der Waals surface area contributed by atoms with Gasteiger partial charge in [0.1, 0.15) is 4.60 Å². The van der Waals surface area contributed by atoms with Crippen molar-refractivity contribution in [2.24, 2.45) is 0 Å². The molecule has 1 aromatic heterocycles. The van der Waals surface area contributed by atoms with Crippen molar-refractivity contribution in [2.75, 3.05) is 7.11 Å². The minimum absolute atomic E-state index is 0.0125. The van der Waals surface area contributed by atoms with Crippen molar-refractivity contribution in [3.8, 4) is 0 Å². The van der Waals surface area contributed by atoms with Crippen LogP contribution in [0.25, 0.3) is 0 Å². The Morgan fingerprint density at radius 1 is 1.69 bits per heavy atom. The van der Waals surface area contributed by atoms with Crippen molar-refractivity contribution in [3.63, 3.8) is 0 Å². The lowest BCUT2D eigenvalue weighted by Gasteiger charge is -2.03. The van der Waals surface area contributed by atoms with Crippen LogP contribution in [0.4, 0.5) is 4.39 Å². The normalized spacial score (nSPS) is 9.85. The van der Waals surface area contributed by atoms with Crippen LogP contribution in [-0.2, 0) is 4.74 Å². The number of methoxy groups -OCH3 is 1. The first kappa shape index (κ1) is 10.1. The summed E-state index contributed by atoms with van der Waals surface area (Å²) in [6.07, 6.45) is 0. The number of esters is 1. The number of hydrogen-bond acceptors (Lipinski definition) is 3. The van der Waals surface area contributed by atoms with Crippen LogP contribution in [0.15, 0.2) is 10.7 Å². The number of ether oxygens (including phenoxy) is 1. The van der Waals surface area contributed by atoms with Crippen LogP contribution in [0.3, 0.4) is 0 Å². The fourth-order valence-electron chi connectivity index (χ4n) is 0.861. The summed E-state index contributed by atoms with van der Waals surface area (Å²) in [7, 11) is 1.25. The van der Waals surface area contributed by atoms with Gasteiger partial charge in [-0.05, 0) is 34.5 Å². The Balaban J connectivity index is 3.23. The third-order valence-electron chi connectivity index (χ3n) is 1.50. The van der Waals surface area contributed by atoms with E-state index < -0.39 is 11.8 Å².